The van der Waals surface area contributed by atoms with Crippen molar-refractivity contribution in [3.05, 3.63) is 40.4 Å². The molecule has 1 aliphatic rings. The molecular formula is C18H21N5O4S. The molecule has 9 nitrogen and oxygen atoms in total. The first-order valence-electron chi connectivity index (χ1n) is 8.79. The van der Waals surface area contributed by atoms with Gasteiger partial charge in [-0.1, -0.05) is 11.3 Å². The highest BCUT2D eigenvalue weighted by molar-refractivity contribution is 7.15. The summed E-state index contributed by atoms with van der Waals surface area (Å²) >= 11 is 1.39. The van der Waals surface area contributed by atoms with Crippen molar-refractivity contribution in [1.82, 2.24) is 9.88 Å². The van der Waals surface area contributed by atoms with Gasteiger partial charge in [-0.3, -0.25) is 19.8 Å². The number of carbonyl (C=O) groups excluding carboxylic acids is 3. The molecule has 0 aliphatic carbocycles. The van der Waals surface area contributed by atoms with Crippen molar-refractivity contribution in [1.29, 1.82) is 0 Å². The predicted octanol–water partition coefficient (Wildman–Crippen LogP) is 1.81. The molecule has 2 aromatic rings. The van der Waals surface area contributed by atoms with Crippen LogP contribution in [0.1, 0.15) is 27.9 Å². The minimum absolute atomic E-state index is 0.148. The zero-order valence-electron chi connectivity index (χ0n) is 15.4. The largest absolute Gasteiger partial charge is 0.450 e. The lowest BCUT2D eigenvalue weighted by molar-refractivity contribution is -0.117. The summed E-state index contributed by atoms with van der Waals surface area (Å²) in [5.41, 5.74) is 7.14. The maximum absolute atomic E-state index is 12.3. The Hall–Kier alpha value is -2.98. The summed E-state index contributed by atoms with van der Waals surface area (Å²) in [5.74, 6) is -0.659. The Morgan fingerprint density at radius 3 is 2.68 bits per heavy atom. The Balaban J connectivity index is 1.53. The van der Waals surface area contributed by atoms with E-state index >= 15 is 0 Å². The molecule has 2 heterocycles. The molecule has 0 saturated heterocycles. The third kappa shape index (κ3) is 5.05. The first kappa shape index (κ1) is 19.8. The van der Waals surface area contributed by atoms with Crippen LogP contribution in [0.5, 0.6) is 0 Å². The van der Waals surface area contributed by atoms with E-state index in [1.807, 2.05) is 4.90 Å². The summed E-state index contributed by atoms with van der Waals surface area (Å²) in [6.45, 7) is 3.55. The van der Waals surface area contributed by atoms with Gasteiger partial charge in [0.25, 0.3) is 0 Å². The van der Waals surface area contributed by atoms with Crippen LogP contribution in [-0.2, 0) is 22.5 Å². The van der Waals surface area contributed by atoms with Gasteiger partial charge < -0.3 is 15.8 Å². The summed E-state index contributed by atoms with van der Waals surface area (Å²) < 4.78 is 4.86. The first-order chi connectivity index (χ1) is 13.4. The zero-order valence-corrected chi connectivity index (χ0v) is 16.2. The van der Waals surface area contributed by atoms with Gasteiger partial charge in [-0.2, -0.15) is 0 Å². The van der Waals surface area contributed by atoms with E-state index in [2.05, 4.69) is 15.6 Å². The fraction of sp³-hybridized carbons (Fsp3) is 0.333. The van der Waals surface area contributed by atoms with E-state index in [1.54, 1.807) is 31.2 Å². The van der Waals surface area contributed by atoms with E-state index in [9.17, 15) is 14.4 Å². The molecule has 1 aromatic carbocycles. The quantitative estimate of drug-likeness (QED) is 0.675. The molecule has 0 unspecified atom stereocenters. The van der Waals surface area contributed by atoms with Crippen molar-refractivity contribution in [2.75, 3.05) is 30.3 Å². The van der Waals surface area contributed by atoms with Gasteiger partial charge >= 0.3 is 6.09 Å². The second-order valence-electron chi connectivity index (χ2n) is 6.18. The van der Waals surface area contributed by atoms with E-state index in [0.717, 1.165) is 10.6 Å². The van der Waals surface area contributed by atoms with Gasteiger partial charge in [-0.05, 0) is 31.2 Å². The standard InChI is InChI=1S/C18H21N5O4S/c1-2-27-18(26)22-17-21-13-7-8-23(9-14(13)28-17)10-15(24)20-12-5-3-11(4-6-12)16(19)25/h3-6H,2,7-10H2,1H3,(H2,19,25)(H,20,24)(H,21,22,26). The van der Waals surface area contributed by atoms with Crippen molar-refractivity contribution < 1.29 is 19.1 Å². The Morgan fingerprint density at radius 1 is 1.25 bits per heavy atom. The molecule has 148 valence electrons. The summed E-state index contributed by atoms with van der Waals surface area (Å²) in [4.78, 5) is 42.4. The second kappa shape index (κ2) is 8.81. The van der Waals surface area contributed by atoms with E-state index in [0.29, 0.717) is 42.5 Å². The van der Waals surface area contributed by atoms with E-state index in [4.69, 9.17) is 10.5 Å². The molecule has 0 radical (unpaired) electrons. The highest BCUT2D eigenvalue weighted by Gasteiger charge is 2.23. The van der Waals surface area contributed by atoms with Gasteiger partial charge in [0.05, 0.1) is 18.8 Å². The topological polar surface area (TPSA) is 127 Å². The molecule has 0 bridgehead atoms. The van der Waals surface area contributed by atoms with Gasteiger partial charge in [0.15, 0.2) is 5.13 Å². The van der Waals surface area contributed by atoms with Gasteiger partial charge in [0, 0.05) is 35.6 Å². The Labute approximate surface area is 165 Å². The average molecular weight is 403 g/mol. The Morgan fingerprint density at radius 2 is 2.00 bits per heavy atom. The second-order valence-corrected chi connectivity index (χ2v) is 7.27. The lowest BCUT2D eigenvalue weighted by atomic mass is 10.2. The SMILES string of the molecule is CCOC(=O)Nc1nc2c(s1)CN(CC(=O)Nc1ccc(C(N)=O)cc1)CC2. The molecular weight excluding hydrogens is 382 g/mol. The van der Waals surface area contributed by atoms with E-state index in [-0.39, 0.29) is 12.5 Å². The third-order valence-electron chi connectivity index (χ3n) is 4.12. The van der Waals surface area contributed by atoms with Crippen LogP contribution in [-0.4, -0.2) is 47.5 Å². The number of primary amides is 1. The number of hydrogen-bond donors (Lipinski definition) is 3. The number of nitrogens with zero attached hydrogens (tertiary/aromatic N) is 2. The highest BCUT2D eigenvalue weighted by atomic mass is 32.1. The molecule has 28 heavy (non-hydrogen) atoms. The molecule has 0 saturated carbocycles. The number of thiazole rings is 1. The summed E-state index contributed by atoms with van der Waals surface area (Å²) in [6, 6.07) is 6.42. The molecule has 10 heteroatoms. The van der Waals surface area contributed by atoms with Crippen molar-refractivity contribution in [3.63, 3.8) is 0 Å². The van der Waals surface area contributed by atoms with Gasteiger partial charge in [-0.15, -0.1) is 0 Å². The summed E-state index contributed by atoms with van der Waals surface area (Å²) in [6.07, 6.45) is 0.184. The van der Waals surface area contributed by atoms with Crippen LogP contribution in [0.2, 0.25) is 0 Å². The number of ether oxygens (including phenoxy) is 1. The highest BCUT2D eigenvalue weighted by Crippen LogP contribution is 2.28. The molecule has 3 rings (SSSR count). The predicted molar refractivity (Wildman–Crippen MR) is 105 cm³/mol. The first-order valence-corrected chi connectivity index (χ1v) is 9.60. The van der Waals surface area contributed by atoms with Crippen molar-refractivity contribution in [2.45, 2.75) is 19.9 Å². The Bertz CT molecular complexity index is 881. The van der Waals surface area contributed by atoms with Crippen molar-refractivity contribution in [3.8, 4) is 0 Å². The fourth-order valence-corrected chi connectivity index (χ4v) is 3.85. The van der Waals surface area contributed by atoms with Crippen LogP contribution in [0.4, 0.5) is 15.6 Å². The van der Waals surface area contributed by atoms with Crippen molar-refractivity contribution >= 4 is 40.1 Å². The van der Waals surface area contributed by atoms with Gasteiger partial charge in [0.2, 0.25) is 11.8 Å². The number of fused-ring (bicyclic) bond motifs is 1. The molecule has 1 aliphatic heterocycles. The van der Waals surface area contributed by atoms with Crippen LogP contribution in [0.3, 0.4) is 0 Å². The number of benzene rings is 1. The number of anilines is 2. The number of hydrogen-bond acceptors (Lipinski definition) is 7. The number of rotatable bonds is 6. The van der Waals surface area contributed by atoms with Crippen molar-refractivity contribution in [2.24, 2.45) is 5.73 Å². The normalized spacial score (nSPS) is 13.5. The molecule has 4 N–H and O–H groups in total. The van der Waals surface area contributed by atoms with Crippen LogP contribution >= 0.6 is 11.3 Å². The van der Waals surface area contributed by atoms with E-state index in [1.165, 1.54) is 11.3 Å². The number of nitrogens with one attached hydrogen (secondary N) is 2. The third-order valence-corrected chi connectivity index (χ3v) is 5.11. The van der Waals surface area contributed by atoms with Crippen LogP contribution in [0.25, 0.3) is 0 Å². The molecule has 0 atom stereocenters. The molecule has 0 spiro atoms. The Kier molecular flexibility index (Phi) is 6.22. The van der Waals surface area contributed by atoms with Crippen LogP contribution in [0, 0.1) is 0 Å². The zero-order chi connectivity index (χ0) is 20.1. The minimum Gasteiger partial charge on any atom is -0.450 e. The maximum Gasteiger partial charge on any atom is 0.413 e. The van der Waals surface area contributed by atoms with Crippen LogP contribution < -0.4 is 16.4 Å². The van der Waals surface area contributed by atoms with Gasteiger partial charge in [-0.25, -0.2) is 9.78 Å². The number of nitrogens with two attached hydrogens (primary N) is 1. The van der Waals surface area contributed by atoms with Gasteiger partial charge in [0.1, 0.15) is 0 Å². The lowest BCUT2D eigenvalue weighted by Gasteiger charge is -2.25. The maximum atomic E-state index is 12.3. The van der Waals surface area contributed by atoms with E-state index < -0.39 is 12.0 Å². The molecule has 3 amide bonds. The van der Waals surface area contributed by atoms with Crippen LogP contribution in [0.15, 0.2) is 24.3 Å². The fourth-order valence-electron chi connectivity index (χ4n) is 2.81. The smallest absolute Gasteiger partial charge is 0.413 e. The molecule has 1 aromatic heterocycles. The number of carbonyl (C=O) groups is 3. The number of amides is 3. The number of aromatic nitrogens is 1. The lowest BCUT2D eigenvalue weighted by Crippen LogP contribution is -2.36. The average Bonchev–Trinajstić information content (AvgIpc) is 3.03. The molecule has 0 fully saturated rings. The monoisotopic (exact) mass is 403 g/mol. The summed E-state index contributed by atoms with van der Waals surface area (Å²) in [7, 11) is 0. The summed E-state index contributed by atoms with van der Waals surface area (Å²) in [5, 5.41) is 5.93. The minimum atomic E-state index is -0.521.